The monoisotopic (exact) mass is 222 g/mol. The molecule has 1 rings (SSSR count). The molecule has 1 unspecified atom stereocenters. The fourth-order valence-electron chi connectivity index (χ4n) is 1.49. The fraction of sp³-hybridized carbons (Fsp3) is 0.417. The van der Waals surface area contributed by atoms with Crippen molar-refractivity contribution in [3.63, 3.8) is 0 Å². The Hall–Kier alpha value is -1.04. The van der Waals surface area contributed by atoms with Gasteiger partial charge in [0.1, 0.15) is 0 Å². The molecule has 15 heavy (non-hydrogen) atoms. The second kappa shape index (κ2) is 5.75. The lowest BCUT2D eigenvalue weighted by atomic mass is 10.1. The Bertz CT molecular complexity index is 357. The van der Waals surface area contributed by atoms with Crippen molar-refractivity contribution in [3.05, 3.63) is 34.9 Å². The van der Waals surface area contributed by atoms with Crippen molar-refractivity contribution in [2.24, 2.45) is 5.92 Å². The van der Waals surface area contributed by atoms with Crippen molar-refractivity contribution >= 4 is 11.6 Å². The molecule has 0 heterocycles. The van der Waals surface area contributed by atoms with Gasteiger partial charge in [-0.25, -0.2) is 0 Å². The Balaban J connectivity index is 2.56. The topological polar surface area (TPSA) is 27.0 Å². The van der Waals surface area contributed by atoms with E-state index in [9.17, 15) is 0 Å². The molecule has 0 amide bonds. The van der Waals surface area contributed by atoms with E-state index in [1.165, 1.54) is 0 Å². The highest BCUT2D eigenvalue weighted by atomic mass is 35.5. The number of hydrogen-bond acceptors (Lipinski definition) is 2. The van der Waals surface area contributed by atoms with Gasteiger partial charge in [0.2, 0.25) is 0 Å². The first-order chi connectivity index (χ1) is 7.13. The van der Waals surface area contributed by atoms with Crippen molar-refractivity contribution in [3.8, 4) is 6.07 Å². The maximum absolute atomic E-state index is 8.70. The van der Waals surface area contributed by atoms with Crippen LogP contribution < -0.4 is 0 Å². The van der Waals surface area contributed by atoms with E-state index in [1.54, 1.807) is 0 Å². The molecular weight excluding hydrogens is 208 g/mol. The van der Waals surface area contributed by atoms with E-state index in [2.05, 4.69) is 11.0 Å². The summed E-state index contributed by atoms with van der Waals surface area (Å²) < 4.78 is 0. The molecule has 0 spiro atoms. The first-order valence-electron chi connectivity index (χ1n) is 4.95. The van der Waals surface area contributed by atoms with E-state index < -0.39 is 0 Å². The van der Waals surface area contributed by atoms with E-state index in [-0.39, 0.29) is 5.92 Å². The fourth-order valence-corrected chi connectivity index (χ4v) is 1.69. The summed E-state index contributed by atoms with van der Waals surface area (Å²) in [6, 6.07) is 10.0. The van der Waals surface area contributed by atoms with Crippen LogP contribution in [0.1, 0.15) is 12.5 Å². The molecule has 0 aliphatic rings. The lowest BCUT2D eigenvalue weighted by Crippen LogP contribution is -2.23. The average molecular weight is 223 g/mol. The normalized spacial score (nSPS) is 12.5. The van der Waals surface area contributed by atoms with Crippen LogP contribution in [-0.4, -0.2) is 18.5 Å². The molecule has 1 aromatic carbocycles. The smallest absolute Gasteiger partial charge is 0.0666 e. The third-order valence-electron chi connectivity index (χ3n) is 2.20. The van der Waals surface area contributed by atoms with Gasteiger partial charge in [-0.2, -0.15) is 5.26 Å². The summed E-state index contributed by atoms with van der Waals surface area (Å²) in [4.78, 5) is 2.11. The van der Waals surface area contributed by atoms with Crippen LogP contribution in [0.4, 0.5) is 0 Å². The van der Waals surface area contributed by atoms with Gasteiger partial charge in [0, 0.05) is 18.1 Å². The van der Waals surface area contributed by atoms with E-state index in [0.29, 0.717) is 0 Å². The van der Waals surface area contributed by atoms with Crippen molar-refractivity contribution in [2.45, 2.75) is 13.5 Å². The second-order valence-corrected chi connectivity index (χ2v) is 4.23. The molecule has 80 valence electrons. The van der Waals surface area contributed by atoms with Gasteiger partial charge in [-0.1, -0.05) is 29.8 Å². The van der Waals surface area contributed by atoms with Crippen LogP contribution in [0.3, 0.4) is 0 Å². The summed E-state index contributed by atoms with van der Waals surface area (Å²) in [7, 11) is 2.00. The minimum absolute atomic E-state index is 0.0532. The maximum atomic E-state index is 8.70. The Morgan fingerprint density at radius 1 is 1.47 bits per heavy atom. The molecule has 0 saturated carbocycles. The summed E-state index contributed by atoms with van der Waals surface area (Å²) in [5.74, 6) is 0.0532. The predicted molar refractivity (Wildman–Crippen MR) is 62.6 cm³/mol. The van der Waals surface area contributed by atoms with Gasteiger partial charge < -0.3 is 4.90 Å². The van der Waals surface area contributed by atoms with Gasteiger partial charge in [-0.05, 0) is 25.6 Å². The highest BCUT2D eigenvalue weighted by Gasteiger charge is 2.07. The van der Waals surface area contributed by atoms with E-state index in [1.807, 2.05) is 38.2 Å². The molecule has 0 aliphatic carbocycles. The number of hydrogen-bond donors (Lipinski definition) is 0. The van der Waals surface area contributed by atoms with Crippen LogP contribution in [0.25, 0.3) is 0 Å². The zero-order chi connectivity index (χ0) is 11.3. The van der Waals surface area contributed by atoms with Gasteiger partial charge in [0.15, 0.2) is 0 Å². The molecule has 0 bridgehead atoms. The summed E-state index contributed by atoms with van der Waals surface area (Å²) >= 11 is 6.05. The summed E-state index contributed by atoms with van der Waals surface area (Å²) in [6.07, 6.45) is 0. The van der Waals surface area contributed by atoms with Gasteiger partial charge in [-0.15, -0.1) is 0 Å². The average Bonchev–Trinajstić information content (AvgIpc) is 2.21. The second-order valence-electron chi connectivity index (χ2n) is 3.82. The van der Waals surface area contributed by atoms with Gasteiger partial charge >= 0.3 is 0 Å². The van der Waals surface area contributed by atoms with E-state index in [0.717, 1.165) is 23.7 Å². The molecule has 0 aliphatic heterocycles. The van der Waals surface area contributed by atoms with Crippen LogP contribution in [0.15, 0.2) is 24.3 Å². The third-order valence-corrected chi connectivity index (χ3v) is 2.57. The van der Waals surface area contributed by atoms with E-state index in [4.69, 9.17) is 16.9 Å². The molecule has 2 nitrogen and oxygen atoms in total. The number of nitriles is 1. The Kier molecular flexibility index (Phi) is 4.61. The highest BCUT2D eigenvalue weighted by molar-refractivity contribution is 6.31. The molecule has 1 aromatic rings. The van der Waals surface area contributed by atoms with Gasteiger partial charge in [0.05, 0.1) is 12.0 Å². The van der Waals surface area contributed by atoms with Crippen molar-refractivity contribution in [1.29, 1.82) is 5.26 Å². The Labute approximate surface area is 96.1 Å². The summed E-state index contributed by atoms with van der Waals surface area (Å²) in [5.41, 5.74) is 1.10. The lowest BCUT2D eigenvalue weighted by Gasteiger charge is -2.18. The molecule has 0 aromatic heterocycles. The number of halogens is 1. The SMILES string of the molecule is CC(C#N)CN(C)Cc1ccccc1Cl. The molecule has 0 N–H and O–H groups in total. The van der Waals surface area contributed by atoms with E-state index >= 15 is 0 Å². The molecule has 1 atom stereocenters. The largest absolute Gasteiger partial charge is 0.301 e. The predicted octanol–water partition coefficient (Wildman–Crippen LogP) is 2.93. The molecule has 0 saturated heterocycles. The van der Waals surface area contributed by atoms with Crippen LogP contribution in [-0.2, 0) is 6.54 Å². The number of rotatable bonds is 4. The van der Waals surface area contributed by atoms with Gasteiger partial charge in [0.25, 0.3) is 0 Å². The third kappa shape index (κ3) is 3.91. The minimum Gasteiger partial charge on any atom is -0.301 e. The van der Waals surface area contributed by atoms with Crippen molar-refractivity contribution < 1.29 is 0 Å². The van der Waals surface area contributed by atoms with Crippen LogP contribution in [0.2, 0.25) is 5.02 Å². The molecule has 0 fully saturated rings. The standard InChI is InChI=1S/C12H15ClN2/c1-10(7-14)8-15(2)9-11-5-3-4-6-12(11)13/h3-6,10H,8-9H2,1-2H3. The van der Waals surface area contributed by atoms with Gasteiger partial charge in [-0.3, -0.25) is 0 Å². The van der Waals surface area contributed by atoms with Crippen molar-refractivity contribution in [1.82, 2.24) is 4.90 Å². The molecule has 0 radical (unpaired) electrons. The Morgan fingerprint density at radius 2 is 2.13 bits per heavy atom. The zero-order valence-electron chi connectivity index (χ0n) is 9.07. The molecular formula is C12H15ClN2. The number of nitrogens with zero attached hydrogens (tertiary/aromatic N) is 2. The molecule has 3 heteroatoms. The Morgan fingerprint density at radius 3 is 2.73 bits per heavy atom. The number of benzene rings is 1. The van der Waals surface area contributed by atoms with Crippen LogP contribution in [0, 0.1) is 17.2 Å². The minimum atomic E-state index is 0.0532. The summed E-state index contributed by atoms with van der Waals surface area (Å²) in [6.45, 7) is 3.47. The lowest BCUT2D eigenvalue weighted by molar-refractivity contribution is 0.303. The quantitative estimate of drug-likeness (QED) is 0.783. The first-order valence-corrected chi connectivity index (χ1v) is 5.33. The zero-order valence-corrected chi connectivity index (χ0v) is 9.83. The first kappa shape index (κ1) is 12.0. The van der Waals surface area contributed by atoms with Crippen molar-refractivity contribution in [2.75, 3.05) is 13.6 Å². The summed E-state index contributed by atoms with van der Waals surface area (Å²) in [5, 5.41) is 9.49. The van der Waals surface area contributed by atoms with Crippen LogP contribution in [0.5, 0.6) is 0 Å². The van der Waals surface area contributed by atoms with Crippen LogP contribution >= 0.6 is 11.6 Å². The highest BCUT2D eigenvalue weighted by Crippen LogP contribution is 2.16. The maximum Gasteiger partial charge on any atom is 0.0666 e.